The number of esters is 1. The molecule has 30 heavy (non-hydrogen) atoms. The molecule has 1 atom stereocenters. The number of ether oxygens (including phenoxy) is 2. The Morgan fingerprint density at radius 2 is 1.60 bits per heavy atom. The third kappa shape index (κ3) is 6.93. The highest BCUT2D eigenvalue weighted by Gasteiger charge is 2.18. The lowest BCUT2D eigenvalue weighted by Gasteiger charge is -2.14. The summed E-state index contributed by atoms with van der Waals surface area (Å²) < 4.78 is 10.1. The van der Waals surface area contributed by atoms with Crippen molar-refractivity contribution in [2.45, 2.75) is 20.0 Å². The lowest BCUT2D eigenvalue weighted by atomic mass is 10.2. The van der Waals surface area contributed by atoms with Crippen LogP contribution in [0.15, 0.2) is 48.5 Å². The van der Waals surface area contributed by atoms with Crippen LogP contribution in [0.2, 0.25) is 0 Å². The molecule has 0 spiro atoms. The third-order valence-electron chi connectivity index (χ3n) is 3.88. The Bertz CT molecular complexity index is 927. The Morgan fingerprint density at radius 1 is 0.967 bits per heavy atom. The lowest BCUT2D eigenvalue weighted by molar-refractivity contribution is -0.152. The van der Waals surface area contributed by atoms with Gasteiger partial charge in [-0.3, -0.25) is 19.2 Å². The molecule has 9 nitrogen and oxygen atoms in total. The van der Waals surface area contributed by atoms with Crippen LogP contribution in [0.1, 0.15) is 24.2 Å². The molecule has 0 heterocycles. The van der Waals surface area contributed by atoms with Crippen LogP contribution in [-0.2, 0) is 19.1 Å². The van der Waals surface area contributed by atoms with Crippen LogP contribution < -0.4 is 20.7 Å². The summed E-state index contributed by atoms with van der Waals surface area (Å²) in [6.07, 6.45) is -1.07. The first-order valence-electron chi connectivity index (χ1n) is 9.08. The summed E-state index contributed by atoms with van der Waals surface area (Å²) >= 11 is 0. The Balaban J connectivity index is 1.80. The quantitative estimate of drug-likeness (QED) is 0.569. The number of anilines is 2. The van der Waals surface area contributed by atoms with E-state index in [4.69, 9.17) is 9.47 Å². The Morgan fingerprint density at radius 3 is 2.20 bits per heavy atom. The molecule has 0 aromatic heterocycles. The van der Waals surface area contributed by atoms with Crippen LogP contribution in [0.5, 0.6) is 5.75 Å². The minimum atomic E-state index is -1.07. The molecular formula is C21H23N3O6. The molecule has 2 aromatic rings. The van der Waals surface area contributed by atoms with Gasteiger partial charge < -0.3 is 25.4 Å². The number of nitrogens with one attached hydrogen (secondary N) is 3. The highest BCUT2D eigenvalue weighted by Crippen LogP contribution is 2.14. The predicted molar refractivity (Wildman–Crippen MR) is 110 cm³/mol. The zero-order chi connectivity index (χ0) is 22.1. The molecular weight excluding hydrogens is 390 g/mol. The van der Waals surface area contributed by atoms with Gasteiger partial charge in [-0.05, 0) is 49.4 Å². The molecule has 0 aliphatic heterocycles. The predicted octanol–water partition coefficient (Wildman–Crippen LogP) is 1.95. The summed E-state index contributed by atoms with van der Waals surface area (Å²) in [6.45, 7) is 2.42. The Kier molecular flexibility index (Phi) is 7.92. The average molecular weight is 413 g/mol. The molecule has 0 radical (unpaired) electrons. The number of hydrogen-bond acceptors (Lipinski definition) is 6. The fourth-order valence-electron chi connectivity index (χ4n) is 2.40. The van der Waals surface area contributed by atoms with Gasteiger partial charge in [-0.25, -0.2) is 0 Å². The molecule has 0 saturated carbocycles. The fraction of sp³-hybridized carbons (Fsp3) is 0.238. The number of amides is 3. The second kappa shape index (κ2) is 10.6. The topological polar surface area (TPSA) is 123 Å². The van der Waals surface area contributed by atoms with Gasteiger partial charge in [0.2, 0.25) is 5.91 Å². The maximum absolute atomic E-state index is 12.2. The molecule has 0 unspecified atom stereocenters. The molecule has 9 heteroatoms. The summed E-state index contributed by atoms with van der Waals surface area (Å²) in [4.78, 5) is 47.2. The van der Waals surface area contributed by atoms with E-state index < -0.39 is 23.9 Å². The monoisotopic (exact) mass is 413 g/mol. The van der Waals surface area contributed by atoms with E-state index in [0.717, 1.165) is 0 Å². The lowest BCUT2D eigenvalue weighted by Crippen LogP contribution is -2.35. The van der Waals surface area contributed by atoms with Gasteiger partial charge in [0.1, 0.15) is 12.3 Å². The molecule has 0 fully saturated rings. The van der Waals surface area contributed by atoms with Gasteiger partial charge in [-0.15, -0.1) is 0 Å². The minimum Gasteiger partial charge on any atom is -0.497 e. The van der Waals surface area contributed by atoms with E-state index in [1.165, 1.54) is 27.0 Å². The summed E-state index contributed by atoms with van der Waals surface area (Å²) in [6, 6.07) is 12.9. The molecule has 2 aromatic carbocycles. The van der Waals surface area contributed by atoms with Gasteiger partial charge in [0.15, 0.2) is 6.10 Å². The van der Waals surface area contributed by atoms with Crippen LogP contribution in [0, 0.1) is 0 Å². The van der Waals surface area contributed by atoms with Crippen molar-refractivity contribution in [3.8, 4) is 5.75 Å². The Labute approximate surface area is 173 Å². The average Bonchev–Trinajstić information content (AvgIpc) is 2.73. The molecule has 0 aliphatic rings. The van der Waals surface area contributed by atoms with Crippen molar-refractivity contribution in [1.29, 1.82) is 0 Å². The first kappa shape index (κ1) is 22.4. The number of carbonyl (C=O) groups excluding carboxylic acids is 4. The van der Waals surface area contributed by atoms with Gasteiger partial charge in [0.25, 0.3) is 11.8 Å². The van der Waals surface area contributed by atoms with E-state index in [9.17, 15) is 19.2 Å². The zero-order valence-corrected chi connectivity index (χ0v) is 16.9. The Hall–Kier alpha value is -3.88. The summed E-state index contributed by atoms with van der Waals surface area (Å²) in [5.74, 6) is -1.45. The van der Waals surface area contributed by atoms with Crippen LogP contribution in [0.4, 0.5) is 11.4 Å². The summed E-state index contributed by atoms with van der Waals surface area (Å²) in [5, 5.41) is 7.64. The second-order valence-electron chi connectivity index (χ2n) is 6.29. The van der Waals surface area contributed by atoms with Crippen molar-refractivity contribution in [2.75, 3.05) is 24.3 Å². The largest absolute Gasteiger partial charge is 0.497 e. The van der Waals surface area contributed by atoms with E-state index in [1.807, 2.05) is 0 Å². The van der Waals surface area contributed by atoms with Crippen molar-refractivity contribution in [1.82, 2.24) is 5.32 Å². The molecule has 3 amide bonds. The van der Waals surface area contributed by atoms with E-state index in [0.29, 0.717) is 22.7 Å². The van der Waals surface area contributed by atoms with Gasteiger partial charge in [-0.2, -0.15) is 0 Å². The SMILES string of the molecule is COc1cccc(C(=O)NCC(=O)O[C@@H](C)C(=O)Nc2ccc(NC(C)=O)cc2)c1. The van der Waals surface area contributed by atoms with Crippen LogP contribution in [0.25, 0.3) is 0 Å². The van der Waals surface area contributed by atoms with Crippen molar-refractivity contribution in [3.63, 3.8) is 0 Å². The van der Waals surface area contributed by atoms with E-state index in [2.05, 4.69) is 16.0 Å². The van der Waals surface area contributed by atoms with Crippen molar-refractivity contribution in [2.24, 2.45) is 0 Å². The second-order valence-corrected chi connectivity index (χ2v) is 6.29. The van der Waals surface area contributed by atoms with Crippen molar-refractivity contribution < 1.29 is 28.7 Å². The molecule has 2 rings (SSSR count). The summed E-state index contributed by atoms with van der Waals surface area (Å²) in [5.41, 5.74) is 1.39. The number of carbonyl (C=O) groups is 4. The maximum Gasteiger partial charge on any atom is 0.326 e. The molecule has 158 valence electrons. The van der Waals surface area contributed by atoms with Crippen LogP contribution in [-0.4, -0.2) is 43.4 Å². The highest BCUT2D eigenvalue weighted by molar-refractivity contribution is 5.97. The van der Waals surface area contributed by atoms with Crippen molar-refractivity contribution in [3.05, 3.63) is 54.1 Å². The number of benzene rings is 2. The first-order valence-corrected chi connectivity index (χ1v) is 9.08. The van der Waals surface area contributed by atoms with E-state index in [-0.39, 0.29) is 12.5 Å². The third-order valence-corrected chi connectivity index (χ3v) is 3.88. The normalized spacial score (nSPS) is 11.0. The molecule has 0 bridgehead atoms. The molecule has 0 aliphatic carbocycles. The molecule has 0 saturated heterocycles. The van der Waals surface area contributed by atoms with Gasteiger partial charge >= 0.3 is 5.97 Å². The van der Waals surface area contributed by atoms with Crippen LogP contribution >= 0.6 is 0 Å². The van der Waals surface area contributed by atoms with Crippen molar-refractivity contribution >= 4 is 35.1 Å². The van der Waals surface area contributed by atoms with Crippen LogP contribution in [0.3, 0.4) is 0 Å². The van der Waals surface area contributed by atoms with E-state index in [1.54, 1.807) is 42.5 Å². The number of hydrogen-bond donors (Lipinski definition) is 3. The maximum atomic E-state index is 12.2. The minimum absolute atomic E-state index is 0.203. The first-order chi connectivity index (χ1) is 14.3. The smallest absolute Gasteiger partial charge is 0.326 e. The van der Waals surface area contributed by atoms with Gasteiger partial charge in [0.05, 0.1) is 7.11 Å². The number of methoxy groups -OCH3 is 1. The highest BCUT2D eigenvalue weighted by atomic mass is 16.5. The summed E-state index contributed by atoms with van der Waals surface area (Å²) in [7, 11) is 1.48. The fourth-order valence-corrected chi connectivity index (χ4v) is 2.40. The zero-order valence-electron chi connectivity index (χ0n) is 16.9. The van der Waals surface area contributed by atoms with Gasteiger partial charge in [-0.1, -0.05) is 6.07 Å². The van der Waals surface area contributed by atoms with E-state index >= 15 is 0 Å². The van der Waals surface area contributed by atoms with Gasteiger partial charge in [0, 0.05) is 23.9 Å². The molecule has 3 N–H and O–H groups in total. The number of rotatable bonds is 8. The standard InChI is InChI=1S/C21H23N3O6/c1-13(20(27)24-17-9-7-16(8-10-17)23-14(2)25)30-19(26)12-22-21(28)15-5-4-6-18(11-15)29-3/h4-11,13H,12H2,1-3H3,(H,22,28)(H,23,25)(H,24,27)/t13-/m0/s1.